The van der Waals surface area contributed by atoms with Gasteiger partial charge >= 0.3 is 0 Å². The first-order chi connectivity index (χ1) is 13.5. The summed E-state index contributed by atoms with van der Waals surface area (Å²) >= 11 is 0. The van der Waals surface area contributed by atoms with E-state index >= 15 is 0 Å². The number of guanidine groups is 1. The molecule has 0 amide bonds. The number of halogens is 1. The summed E-state index contributed by atoms with van der Waals surface area (Å²) in [7, 11) is 0. The van der Waals surface area contributed by atoms with Crippen molar-refractivity contribution in [3.63, 3.8) is 0 Å². The van der Waals surface area contributed by atoms with E-state index in [9.17, 15) is 0 Å². The highest BCUT2D eigenvalue weighted by atomic mass is 127. The molecule has 5 nitrogen and oxygen atoms in total. The van der Waals surface area contributed by atoms with Crippen LogP contribution in [0.5, 0.6) is 0 Å². The predicted octanol–water partition coefficient (Wildman–Crippen LogP) is 3.34. The maximum Gasteiger partial charge on any atom is 0.191 e. The summed E-state index contributed by atoms with van der Waals surface area (Å²) in [5.74, 6) is 0.924. The van der Waals surface area contributed by atoms with Gasteiger partial charge in [0.15, 0.2) is 5.96 Å². The van der Waals surface area contributed by atoms with E-state index in [1.165, 1.54) is 43.9 Å². The van der Waals surface area contributed by atoms with Crippen LogP contribution in [0.2, 0.25) is 0 Å². The highest BCUT2D eigenvalue weighted by Gasteiger charge is 2.20. The van der Waals surface area contributed by atoms with Gasteiger partial charge in [0.1, 0.15) is 0 Å². The molecule has 29 heavy (non-hydrogen) atoms. The van der Waals surface area contributed by atoms with Crippen LogP contribution in [0, 0.1) is 0 Å². The van der Waals surface area contributed by atoms with Crippen molar-refractivity contribution in [1.29, 1.82) is 0 Å². The third kappa shape index (κ3) is 8.80. The van der Waals surface area contributed by atoms with Gasteiger partial charge < -0.3 is 15.5 Å². The normalized spacial score (nSPS) is 16.4. The van der Waals surface area contributed by atoms with Crippen LogP contribution in [-0.4, -0.2) is 74.7 Å². The Kier molecular flexibility index (Phi) is 12.1. The average molecular weight is 516 g/mol. The molecule has 0 aromatic heterocycles. The van der Waals surface area contributed by atoms with Crippen molar-refractivity contribution in [1.82, 2.24) is 20.4 Å². The zero-order valence-corrected chi connectivity index (χ0v) is 21.5. The van der Waals surface area contributed by atoms with Crippen LogP contribution in [0.4, 0.5) is 0 Å². The van der Waals surface area contributed by atoms with E-state index in [0.717, 1.165) is 38.6 Å². The average Bonchev–Trinajstić information content (AvgIpc) is 2.72. The maximum atomic E-state index is 4.88. The quantitative estimate of drug-likeness (QED) is 0.301. The number of rotatable bonds is 9. The molecule has 2 rings (SSSR count). The van der Waals surface area contributed by atoms with Crippen LogP contribution in [-0.2, 0) is 11.8 Å². The fourth-order valence-electron chi connectivity index (χ4n) is 3.56. The lowest BCUT2D eigenvalue weighted by Gasteiger charge is -2.34. The molecule has 1 aromatic carbocycles. The Hall–Kier alpha value is -0.860. The molecular formula is C23H42IN5. The fourth-order valence-corrected chi connectivity index (χ4v) is 3.56. The summed E-state index contributed by atoms with van der Waals surface area (Å²) in [5.41, 5.74) is 2.75. The Morgan fingerprint density at radius 1 is 0.966 bits per heavy atom. The van der Waals surface area contributed by atoms with E-state index in [0.29, 0.717) is 0 Å². The summed E-state index contributed by atoms with van der Waals surface area (Å²) in [6, 6.07) is 8.99. The molecular weight excluding hydrogens is 473 g/mol. The Balaban J connectivity index is 0.00000420. The molecule has 1 aliphatic heterocycles. The standard InChI is InChI=1S/C23H41N5.HI/c1-6-20-9-11-21(12-10-20)23(4,5)19-26-22(24-7-2)25-13-14-28-17-15-27(8-3)16-18-28;/h9-12H,6-8,13-19H2,1-5H3,(H2,24,25,26);1H. The molecule has 0 aliphatic carbocycles. The highest BCUT2D eigenvalue weighted by Crippen LogP contribution is 2.24. The third-order valence-electron chi connectivity index (χ3n) is 5.75. The molecule has 6 heteroatoms. The SMILES string of the molecule is CCNC(=NCC(C)(C)c1ccc(CC)cc1)NCCN1CCN(CC)CC1.I. The van der Waals surface area contributed by atoms with Crippen LogP contribution in [0.25, 0.3) is 0 Å². The fraction of sp³-hybridized carbons (Fsp3) is 0.696. The van der Waals surface area contributed by atoms with Crippen LogP contribution in [0.15, 0.2) is 29.3 Å². The third-order valence-corrected chi connectivity index (χ3v) is 5.75. The summed E-state index contributed by atoms with van der Waals surface area (Å²) in [6.07, 6.45) is 1.08. The van der Waals surface area contributed by atoms with E-state index in [4.69, 9.17) is 4.99 Å². The molecule has 1 fully saturated rings. The van der Waals surface area contributed by atoms with Crippen molar-refractivity contribution in [3.8, 4) is 0 Å². The van der Waals surface area contributed by atoms with E-state index in [1.54, 1.807) is 0 Å². The zero-order chi connectivity index (χ0) is 20.4. The van der Waals surface area contributed by atoms with E-state index in [-0.39, 0.29) is 29.4 Å². The van der Waals surface area contributed by atoms with E-state index in [2.05, 4.69) is 79.3 Å². The molecule has 0 atom stereocenters. The second kappa shape index (κ2) is 13.4. The van der Waals surface area contributed by atoms with E-state index in [1.807, 2.05) is 0 Å². The zero-order valence-electron chi connectivity index (χ0n) is 19.1. The van der Waals surface area contributed by atoms with Gasteiger partial charge in [0.2, 0.25) is 0 Å². The Morgan fingerprint density at radius 2 is 1.59 bits per heavy atom. The topological polar surface area (TPSA) is 42.9 Å². The van der Waals surface area contributed by atoms with Crippen molar-refractivity contribution in [3.05, 3.63) is 35.4 Å². The monoisotopic (exact) mass is 515 g/mol. The second-order valence-corrected chi connectivity index (χ2v) is 8.33. The van der Waals surface area contributed by atoms with Crippen molar-refractivity contribution in [2.45, 2.75) is 46.5 Å². The summed E-state index contributed by atoms with van der Waals surface area (Å²) in [6.45, 7) is 20.7. The van der Waals surface area contributed by atoms with Crippen LogP contribution >= 0.6 is 24.0 Å². The lowest BCUT2D eigenvalue weighted by atomic mass is 9.84. The Labute approximate surface area is 195 Å². The second-order valence-electron chi connectivity index (χ2n) is 8.33. The van der Waals surface area contributed by atoms with Crippen molar-refractivity contribution in [2.24, 2.45) is 4.99 Å². The number of piperazine rings is 1. The van der Waals surface area contributed by atoms with Crippen LogP contribution < -0.4 is 10.6 Å². The largest absolute Gasteiger partial charge is 0.357 e. The maximum absolute atomic E-state index is 4.88. The molecule has 0 spiro atoms. The number of nitrogens with zero attached hydrogens (tertiary/aromatic N) is 3. The van der Waals surface area contributed by atoms with Crippen LogP contribution in [0.1, 0.15) is 45.7 Å². The molecule has 0 bridgehead atoms. The summed E-state index contributed by atoms with van der Waals surface area (Å²) < 4.78 is 0. The number of nitrogens with one attached hydrogen (secondary N) is 2. The van der Waals surface area contributed by atoms with E-state index < -0.39 is 0 Å². The van der Waals surface area contributed by atoms with Crippen LogP contribution in [0.3, 0.4) is 0 Å². The number of likely N-dealkylation sites (N-methyl/N-ethyl adjacent to an activating group) is 1. The van der Waals surface area contributed by atoms with Gasteiger partial charge in [0.25, 0.3) is 0 Å². The van der Waals surface area contributed by atoms with Crippen molar-refractivity contribution < 1.29 is 0 Å². The molecule has 1 heterocycles. The minimum Gasteiger partial charge on any atom is -0.357 e. The number of benzene rings is 1. The lowest BCUT2D eigenvalue weighted by Crippen LogP contribution is -2.49. The molecule has 0 radical (unpaired) electrons. The van der Waals surface area contributed by atoms with Gasteiger partial charge in [-0.15, -0.1) is 24.0 Å². The van der Waals surface area contributed by atoms with Crippen molar-refractivity contribution >= 4 is 29.9 Å². The first-order valence-corrected chi connectivity index (χ1v) is 11.0. The Morgan fingerprint density at radius 3 is 2.14 bits per heavy atom. The molecule has 0 unspecified atom stereocenters. The number of hydrogen-bond acceptors (Lipinski definition) is 3. The first kappa shape index (κ1) is 26.2. The summed E-state index contributed by atoms with van der Waals surface area (Å²) in [5, 5.41) is 6.91. The number of aryl methyl sites for hydroxylation is 1. The highest BCUT2D eigenvalue weighted by molar-refractivity contribution is 14.0. The Bertz CT molecular complexity index is 592. The lowest BCUT2D eigenvalue weighted by molar-refractivity contribution is 0.139. The number of hydrogen-bond donors (Lipinski definition) is 2. The molecule has 166 valence electrons. The van der Waals surface area contributed by atoms with Gasteiger partial charge in [0, 0.05) is 51.2 Å². The van der Waals surface area contributed by atoms with Gasteiger partial charge in [-0.25, -0.2) is 0 Å². The predicted molar refractivity (Wildman–Crippen MR) is 137 cm³/mol. The van der Waals surface area contributed by atoms with Gasteiger partial charge in [0.05, 0.1) is 6.54 Å². The number of aliphatic imine (C=N–C) groups is 1. The van der Waals surface area contributed by atoms with Crippen molar-refractivity contribution in [2.75, 3.05) is 58.9 Å². The molecule has 2 N–H and O–H groups in total. The summed E-state index contributed by atoms with van der Waals surface area (Å²) in [4.78, 5) is 9.94. The van der Waals surface area contributed by atoms with Gasteiger partial charge in [-0.1, -0.05) is 52.0 Å². The van der Waals surface area contributed by atoms with Gasteiger partial charge in [-0.3, -0.25) is 9.89 Å². The van der Waals surface area contributed by atoms with Gasteiger partial charge in [-0.2, -0.15) is 0 Å². The molecule has 1 saturated heterocycles. The smallest absolute Gasteiger partial charge is 0.191 e. The molecule has 1 aromatic rings. The first-order valence-electron chi connectivity index (χ1n) is 11.0. The molecule has 1 aliphatic rings. The minimum atomic E-state index is 0. The van der Waals surface area contributed by atoms with Gasteiger partial charge in [-0.05, 0) is 31.0 Å². The molecule has 0 saturated carbocycles. The minimum absolute atomic E-state index is 0.